The zero-order chi connectivity index (χ0) is 15.6. The van der Waals surface area contributed by atoms with Gasteiger partial charge in [0.1, 0.15) is 5.39 Å². The van der Waals surface area contributed by atoms with E-state index in [1.807, 2.05) is 12.1 Å². The molecule has 0 amide bonds. The Labute approximate surface area is 133 Å². The standard InChI is InChI=1S/C17H19N5O/c23-17-15-14(8-10-19-17)21-22-16(15)20-12-6-4-11(5-7-12)13-3-1-2-9-18-13/h4-8,10,13,18H,1-3,9H2,(H,19,23)(H2,20,21,22). The highest BCUT2D eigenvalue weighted by molar-refractivity contribution is 5.90. The normalized spacial score (nSPS) is 18.2. The van der Waals surface area contributed by atoms with Crippen molar-refractivity contribution in [2.45, 2.75) is 25.3 Å². The van der Waals surface area contributed by atoms with Gasteiger partial charge in [0, 0.05) is 17.9 Å². The van der Waals surface area contributed by atoms with Gasteiger partial charge in [-0.1, -0.05) is 18.6 Å². The maximum Gasteiger partial charge on any atom is 0.261 e. The molecular formula is C17H19N5O. The number of H-pyrrole nitrogens is 2. The van der Waals surface area contributed by atoms with Gasteiger partial charge in [0.05, 0.1) is 5.52 Å². The lowest BCUT2D eigenvalue weighted by Gasteiger charge is -2.24. The van der Waals surface area contributed by atoms with Crippen LogP contribution in [0.25, 0.3) is 10.9 Å². The van der Waals surface area contributed by atoms with Crippen LogP contribution in [0.15, 0.2) is 41.3 Å². The highest BCUT2D eigenvalue weighted by Crippen LogP contribution is 2.26. The largest absolute Gasteiger partial charge is 0.338 e. The number of nitrogens with one attached hydrogen (secondary N) is 4. The molecule has 0 saturated carbocycles. The van der Waals surface area contributed by atoms with Crippen LogP contribution in [0, 0.1) is 0 Å². The minimum absolute atomic E-state index is 0.151. The summed E-state index contributed by atoms with van der Waals surface area (Å²) in [7, 11) is 0. The van der Waals surface area contributed by atoms with Crippen molar-refractivity contribution in [2.24, 2.45) is 0 Å². The summed E-state index contributed by atoms with van der Waals surface area (Å²) in [4.78, 5) is 14.6. The van der Waals surface area contributed by atoms with Gasteiger partial charge in [0.2, 0.25) is 0 Å². The summed E-state index contributed by atoms with van der Waals surface area (Å²) < 4.78 is 0. The number of pyridine rings is 1. The number of nitrogens with zero attached hydrogens (tertiary/aromatic N) is 1. The summed E-state index contributed by atoms with van der Waals surface area (Å²) in [6, 6.07) is 10.6. The average molecular weight is 309 g/mol. The Morgan fingerprint density at radius 1 is 1.13 bits per heavy atom. The molecule has 1 fully saturated rings. The molecule has 1 aromatic carbocycles. The molecule has 118 valence electrons. The van der Waals surface area contributed by atoms with Gasteiger partial charge in [-0.05, 0) is 43.1 Å². The predicted octanol–water partition coefficient (Wildman–Crippen LogP) is 2.81. The van der Waals surface area contributed by atoms with Gasteiger partial charge >= 0.3 is 0 Å². The van der Waals surface area contributed by atoms with E-state index in [0.29, 0.717) is 17.2 Å². The molecule has 0 aliphatic carbocycles. The summed E-state index contributed by atoms with van der Waals surface area (Å²) in [5.41, 5.74) is 2.79. The molecule has 3 aromatic rings. The molecule has 3 heterocycles. The number of anilines is 2. The van der Waals surface area contributed by atoms with Crippen molar-refractivity contribution in [3.05, 3.63) is 52.4 Å². The molecule has 1 saturated heterocycles. The average Bonchev–Trinajstić information content (AvgIpc) is 3.01. The predicted molar refractivity (Wildman–Crippen MR) is 91.0 cm³/mol. The first-order valence-corrected chi connectivity index (χ1v) is 7.97. The zero-order valence-corrected chi connectivity index (χ0v) is 12.7. The molecule has 1 aliphatic heterocycles. The van der Waals surface area contributed by atoms with Gasteiger partial charge in [-0.25, -0.2) is 0 Å². The summed E-state index contributed by atoms with van der Waals surface area (Å²) >= 11 is 0. The topological polar surface area (TPSA) is 85.6 Å². The minimum Gasteiger partial charge on any atom is -0.338 e. The van der Waals surface area contributed by atoms with Gasteiger partial charge in [-0.3, -0.25) is 9.89 Å². The Bertz CT molecular complexity index is 859. The lowest BCUT2D eigenvalue weighted by molar-refractivity contribution is 0.412. The fourth-order valence-electron chi connectivity index (χ4n) is 3.14. The lowest BCUT2D eigenvalue weighted by Crippen LogP contribution is -2.26. The number of benzene rings is 1. The molecule has 6 heteroatoms. The van der Waals surface area contributed by atoms with E-state index in [1.165, 1.54) is 24.8 Å². The van der Waals surface area contributed by atoms with Crippen LogP contribution in [-0.4, -0.2) is 21.7 Å². The molecule has 1 atom stereocenters. The van der Waals surface area contributed by atoms with Gasteiger partial charge in [0.25, 0.3) is 5.56 Å². The summed E-state index contributed by atoms with van der Waals surface area (Å²) in [6.07, 6.45) is 5.33. The van der Waals surface area contributed by atoms with E-state index >= 15 is 0 Å². The van der Waals surface area contributed by atoms with Crippen LogP contribution in [0.3, 0.4) is 0 Å². The molecule has 2 aromatic heterocycles. The maximum atomic E-state index is 11.9. The van der Waals surface area contributed by atoms with Crippen molar-refractivity contribution in [3.63, 3.8) is 0 Å². The van der Waals surface area contributed by atoms with E-state index in [9.17, 15) is 4.79 Å². The number of aromatic amines is 2. The third-order valence-corrected chi connectivity index (χ3v) is 4.37. The Morgan fingerprint density at radius 3 is 2.78 bits per heavy atom. The molecule has 0 bridgehead atoms. The molecule has 0 spiro atoms. The number of rotatable bonds is 3. The Morgan fingerprint density at radius 2 is 2.00 bits per heavy atom. The van der Waals surface area contributed by atoms with Crippen molar-refractivity contribution in [1.82, 2.24) is 20.5 Å². The highest BCUT2D eigenvalue weighted by Gasteiger charge is 2.14. The van der Waals surface area contributed by atoms with Crippen molar-refractivity contribution < 1.29 is 0 Å². The summed E-state index contributed by atoms with van der Waals surface area (Å²) in [6.45, 7) is 1.09. The molecule has 0 radical (unpaired) electrons. The van der Waals surface area contributed by atoms with Crippen molar-refractivity contribution in [1.29, 1.82) is 0 Å². The fraction of sp³-hybridized carbons (Fsp3) is 0.294. The molecule has 1 unspecified atom stereocenters. The number of hydrogen-bond acceptors (Lipinski definition) is 4. The van der Waals surface area contributed by atoms with E-state index in [-0.39, 0.29) is 5.56 Å². The molecule has 23 heavy (non-hydrogen) atoms. The van der Waals surface area contributed by atoms with Gasteiger partial charge in [-0.15, -0.1) is 0 Å². The van der Waals surface area contributed by atoms with E-state index < -0.39 is 0 Å². The first-order valence-electron chi connectivity index (χ1n) is 7.97. The van der Waals surface area contributed by atoms with Gasteiger partial charge in [-0.2, -0.15) is 5.10 Å². The van der Waals surface area contributed by atoms with Crippen LogP contribution in [0.2, 0.25) is 0 Å². The van der Waals surface area contributed by atoms with Crippen LogP contribution in [-0.2, 0) is 0 Å². The maximum absolute atomic E-state index is 11.9. The van der Waals surface area contributed by atoms with Crippen molar-refractivity contribution in [3.8, 4) is 0 Å². The third kappa shape index (κ3) is 2.73. The highest BCUT2D eigenvalue weighted by atomic mass is 16.1. The number of fused-ring (bicyclic) bond motifs is 1. The second kappa shape index (κ2) is 5.89. The van der Waals surface area contributed by atoms with E-state index in [2.05, 4.69) is 37.9 Å². The van der Waals surface area contributed by atoms with Crippen LogP contribution in [0.5, 0.6) is 0 Å². The Balaban J connectivity index is 1.57. The number of piperidine rings is 1. The smallest absolute Gasteiger partial charge is 0.261 e. The van der Waals surface area contributed by atoms with E-state index in [0.717, 1.165) is 17.7 Å². The second-order valence-electron chi connectivity index (χ2n) is 5.92. The first-order chi connectivity index (χ1) is 11.3. The minimum atomic E-state index is -0.151. The molecule has 1 aliphatic rings. The fourth-order valence-corrected chi connectivity index (χ4v) is 3.14. The first kappa shape index (κ1) is 14.0. The van der Waals surface area contributed by atoms with Gasteiger partial charge in [0.15, 0.2) is 5.82 Å². The van der Waals surface area contributed by atoms with Crippen LogP contribution < -0.4 is 16.2 Å². The SMILES string of the molecule is O=c1[nH]ccc2[nH]nc(Nc3ccc(C4CCCCN4)cc3)c12. The Hall–Kier alpha value is -2.60. The molecule has 4 N–H and O–H groups in total. The van der Waals surface area contributed by atoms with Gasteiger partial charge < -0.3 is 15.6 Å². The number of aromatic nitrogens is 3. The number of hydrogen-bond donors (Lipinski definition) is 4. The second-order valence-corrected chi connectivity index (χ2v) is 5.92. The Kier molecular flexibility index (Phi) is 3.59. The summed E-state index contributed by atoms with van der Waals surface area (Å²) in [5, 5.41) is 14.4. The molecular weight excluding hydrogens is 290 g/mol. The quantitative estimate of drug-likeness (QED) is 0.599. The molecule has 6 nitrogen and oxygen atoms in total. The third-order valence-electron chi connectivity index (χ3n) is 4.37. The monoisotopic (exact) mass is 309 g/mol. The summed E-state index contributed by atoms with van der Waals surface area (Å²) in [5.74, 6) is 0.547. The van der Waals surface area contributed by atoms with Crippen LogP contribution in [0.4, 0.5) is 11.5 Å². The molecule has 4 rings (SSSR count). The van der Waals surface area contributed by atoms with Crippen molar-refractivity contribution >= 4 is 22.4 Å². The van der Waals surface area contributed by atoms with E-state index in [1.54, 1.807) is 12.3 Å². The van der Waals surface area contributed by atoms with Crippen molar-refractivity contribution in [2.75, 3.05) is 11.9 Å². The van der Waals surface area contributed by atoms with Crippen LogP contribution in [0.1, 0.15) is 30.9 Å². The zero-order valence-electron chi connectivity index (χ0n) is 12.7. The van der Waals surface area contributed by atoms with E-state index in [4.69, 9.17) is 0 Å². The van der Waals surface area contributed by atoms with Crippen LogP contribution >= 0.6 is 0 Å². The lowest BCUT2D eigenvalue weighted by atomic mass is 9.97.